The van der Waals surface area contributed by atoms with E-state index >= 15 is 0 Å². The molecule has 0 aromatic heterocycles. The number of rotatable bonds is 3. The second-order valence-electron chi connectivity index (χ2n) is 4.96. The summed E-state index contributed by atoms with van der Waals surface area (Å²) in [6.07, 6.45) is 5.72. The number of hydrogen-bond donors (Lipinski definition) is 1. The highest BCUT2D eigenvalue weighted by Gasteiger charge is 2.33. The molecular formula is C11H21NS. The van der Waals surface area contributed by atoms with E-state index in [1.54, 1.807) is 0 Å². The number of nitrogens with one attached hydrogen (secondary N) is 1. The van der Waals surface area contributed by atoms with Gasteiger partial charge in [0.2, 0.25) is 0 Å². The van der Waals surface area contributed by atoms with Crippen LogP contribution in [-0.2, 0) is 0 Å². The van der Waals surface area contributed by atoms with E-state index in [4.69, 9.17) is 0 Å². The summed E-state index contributed by atoms with van der Waals surface area (Å²) in [4.78, 5) is 0. The molecule has 2 heteroatoms. The van der Waals surface area contributed by atoms with E-state index in [0.717, 1.165) is 23.3 Å². The highest BCUT2D eigenvalue weighted by Crippen LogP contribution is 2.34. The molecule has 2 bridgehead atoms. The molecule has 1 nitrogen and oxygen atoms in total. The van der Waals surface area contributed by atoms with Gasteiger partial charge in [-0.1, -0.05) is 13.8 Å². The lowest BCUT2D eigenvalue weighted by molar-refractivity contribution is 0.414. The third-order valence-corrected chi connectivity index (χ3v) is 4.81. The van der Waals surface area contributed by atoms with Crippen LogP contribution in [0.1, 0.15) is 39.5 Å². The first-order valence-corrected chi connectivity index (χ1v) is 6.66. The molecule has 2 aliphatic heterocycles. The van der Waals surface area contributed by atoms with Crippen molar-refractivity contribution in [3.8, 4) is 0 Å². The lowest BCUT2D eigenvalue weighted by Gasteiger charge is -2.29. The number of fused-ring (bicyclic) bond motifs is 2. The van der Waals surface area contributed by atoms with E-state index < -0.39 is 0 Å². The molecule has 0 unspecified atom stereocenters. The molecular weight excluding hydrogens is 178 g/mol. The van der Waals surface area contributed by atoms with Crippen LogP contribution in [0, 0.1) is 5.92 Å². The first-order valence-electron chi connectivity index (χ1n) is 5.61. The zero-order chi connectivity index (χ0) is 9.26. The van der Waals surface area contributed by atoms with Crippen LogP contribution in [-0.4, -0.2) is 23.1 Å². The summed E-state index contributed by atoms with van der Waals surface area (Å²) in [6, 6.07) is 1.73. The van der Waals surface area contributed by atoms with Crippen LogP contribution in [0.25, 0.3) is 0 Å². The van der Waals surface area contributed by atoms with Crippen LogP contribution in [0.4, 0.5) is 0 Å². The molecule has 2 rings (SSSR count). The fourth-order valence-electron chi connectivity index (χ4n) is 2.47. The smallest absolute Gasteiger partial charge is 0.00807 e. The average molecular weight is 199 g/mol. The SMILES string of the molecule is CC(C)CSC1C[C@H]2CC[C@H](C1)N2. The molecule has 2 aliphatic rings. The summed E-state index contributed by atoms with van der Waals surface area (Å²) in [5.41, 5.74) is 0. The zero-order valence-electron chi connectivity index (χ0n) is 8.75. The molecule has 0 saturated carbocycles. The van der Waals surface area contributed by atoms with Crippen LogP contribution < -0.4 is 5.32 Å². The first kappa shape index (κ1) is 9.85. The molecule has 0 amide bonds. The Labute approximate surface area is 86.0 Å². The molecule has 2 atom stereocenters. The molecule has 0 aromatic rings. The predicted molar refractivity (Wildman–Crippen MR) is 60.3 cm³/mol. The lowest BCUT2D eigenvalue weighted by Crippen LogP contribution is -2.39. The van der Waals surface area contributed by atoms with Gasteiger partial charge in [0.1, 0.15) is 0 Å². The minimum Gasteiger partial charge on any atom is -0.311 e. The highest BCUT2D eigenvalue weighted by atomic mass is 32.2. The van der Waals surface area contributed by atoms with E-state index in [1.807, 2.05) is 0 Å². The van der Waals surface area contributed by atoms with E-state index in [0.29, 0.717) is 0 Å². The standard InChI is InChI=1S/C11H21NS/c1-8(2)7-13-11-5-9-3-4-10(6-11)12-9/h8-12H,3-7H2,1-2H3/t9-,10-/m1/s1. The maximum atomic E-state index is 3.69. The van der Waals surface area contributed by atoms with Gasteiger partial charge in [-0.15, -0.1) is 0 Å². The molecule has 0 spiro atoms. The Morgan fingerprint density at radius 2 is 1.85 bits per heavy atom. The van der Waals surface area contributed by atoms with Crippen molar-refractivity contribution >= 4 is 11.8 Å². The minimum absolute atomic E-state index is 0.859. The third kappa shape index (κ3) is 2.63. The van der Waals surface area contributed by atoms with Gasteiger partial charge in [0.05, 0.1) is 0 Å². The van der Waals surface area contributed by atoms with Gasteiger partial charge in [0, 0.05) is 17.3 Å². The average Bonchev–Trinajstić information content (AvgIpc) is 2.42. The van der Waals surface area contributed by atoms with Crippen LogP contribution in [0.5, 0.6) is 0 Å². The Morgan fingerprint density at radius 3 is 2.38 bits per heavy atom. The fraction of sp³-hybridized carbons (Fsp3) is 1.00. The van der Waals surface area contributed by atoms with Crippen molar-refractivity contribution in [2.75, 3.05) is 5.75 Å². The van der Waals surface area contributed by atoms with Crippen LogP contribution >= 0.6 is 11.8 Å². The molecule has 76 valence electrons. The second kappa shape index (κ2) is 4.22. The van der Waals surface area contributed by atoms with Crippen molar-refractivity contribution in [2.45, 2.75) is 56.9 Å². The summed E-state index contributed by atoms with van der Waals surface area (Å²) in [5, 5.41) is 4.65. The first-order chi connectivity index (χ1) is 6.24. The van der Waals surface area contributed by atoms with Gasteiger partial charge in [-0.25, -0.2) is 0 Å². The predicted octanol–water partition coefficient (Wildman–Crippen LogP) is 2.66. The Bertz CT molecular complexity index is 157. The molecule has 0 radical (unpaired) electrons. The van der Waals surface area contributed by atoms with Crippen LogP contribution in [0.15, 0.2) is 0 Å². The third-order valence-electron chi connectivity index (χ3n) is 3.10. The lowest BCUT2D eigenvalue weighted by atomic mass is 10.1. The Morgan fingerprint density at radius 1 is 1.23 bits per heavy atom. The zero-order valence-corrected chi connectivity index (χ0v) is 9.57. The van der Waals surface area contributed by atoms with Crippen LogP contribution in [0.2, 0.25) is 0 Å². The minimum atomic E-state index is 0.859. The maximum Gasteiger partial charge on any atom is 0.00807 e. The molecule has 0 aliphatic carbocycles. The maximum absolute atomic E-state index is 3.69. The summed E-state index contributed by atoms with van der Waals surface area (Å²) < 4.78 is 0. The Kier molecular flexibility index (Phi) is 3.20. The summed E-state index contributed by atoms with van der Waals surface area (Å²) >= 11 is 2.21. The molecule has 2 fully saturated rings. The van der Waals surface area contributed by atoms with Gasteiger partial charge < -0.3 is 5.32 Å². The van der Waals surface area contributed by atoms with Gasteiger partial charge in [-0.2, -0.15) is 11.8 Å². The molecule has 2 heterocycles. The normalized spacial score (nSPS) is 38.5. The monoisotopic (exact) mass is 199 g/mol. The Balaban J connectivity index is 1.75. The van der Waals surface area contributed by atoms with Crippen molar-refractivity contribution in [3.63, 3.8) is 0 Å². The number of thioether (sulfide) groups is 1. The van der Waals surface area contributed by atoms with E-state index in [9.17, 15) is 0 Å². The summed E-state index contributed by atoms with van der Waals surface area (Å²) in [6.45, 7) is 4.64. The summed E-state index contributed by atoms with van der Waals surface area (Å²) in [5.74, 6) is 2.21. The largest absolute Gasteiger partial charge is 0.311 e. The highest BCUT2D eigenvalue weighted by molar-refractivity contribution is 7.99. The molecule has 2 saturated heterocycles. The molecule has 1 N–H and O–H groups in total. The summed E-state index contributed by atoms with van der Waals surface area (Å²) in [7, 11) is 0. The second-order valence-corrected chi connectivity index (χ2v) is 6.29. The van der Waals surface area contributed by atoms with Crippen LogP contribution in [0.3, 0.4) is 0 Å². The fourth-order valence-corrected chi connectivity index (χ4v) is 3.86. The molecule has 0 aromatic carbocycles. The van der Waals surface area contributed by atoms with Gasteiger partial charge >= 0.3 is 0 Å². The molecule has 13 heavy (non-hydrogen) atoms. The van der Waals surface area contributed by atoms with Gasteiger partial charge in [0.15, 0.2) is 0 Å². The number of piperidine rings is 1. The van der Waals surface area contributed by atoms with Crippen molar-refractivity contribution in [1.82, 2.24) is 5.32 Å². The van der Waals surface area contributed by atoms with E-state index in [1.165, 1.54) is 31.4 Å². The topological polar surface area (TPSA) is 12.0 Å². The van der Waals surface area contributed by atoms with Crippen molar-refractivity contribution in [1.29, 1.82) is 0 Å². The van der Waals surface area contributed by atoms with Crippen molar-refractivity contribution < 1.29 is 0 Å². The van der Waals surface area contributed by atoms with Crippen molar-refractivity contribution in [2.24, 2.45) is 5.92 Å². The van der Waals surface area contributed by atoms with Gasteiger partial charge in [-0.3, -0.25) is 0 Å². The van der Waals surface area contributed by atoms with Gasteiger partial charge in [0.25, 0.3) is 0 Å². The van der Waals surface area contributed by atoms with Gasteiger partial charge in [-0.05, 0) is 37.4 Å². The van der Waals surface area contributed by atoms with E-state index in [2.05, 4.69) is 30.9 Å². The Hall–Kier alpha value is 0.310. The van der Waals surface area contributed by atoms with E-state index in [-0.39, 0.29) is 0 Å². The van der Waals surface area contributed by atoms with Crippen molar-refractivity contribution in [3.05, 3.63) is 0 Å². The quantitative estimate of drug-likeness (QED) is 0.750. The number of hydrogen-bond acceptors (Lipinski definition) is 2.